The molecular weight excluding hydrogens is 334 g/mol. The minimum absolute atomic E-state index is 0.446. The Bertz CT molecular complexity index is 1130. The van der Waals surface area contributed by atoms with Crippen molar-refractivity contribution >= 4 is 43.7 Å². The van der Waals surface area contributed by atoms with Crippen molar-refractivity contribution in [2.24, 2.45) is 0 Å². The molecule has 0 saturated heterocycles. The van der Waals surface area contributed by atoms with Crippen molar-refractivity contribution in [2.75, 3.05) is 5.32 Å². The SMILES string of the molecule is c1cc(Nc2nc3ccccc3s2)nc(-c2nc3ncccc3o2)c1. The Morgan fingerprint density at radius 1 is 0.880 bits per heavy atom. The summed E-state index contributed by atoms with van der Waals surface area (Å²) in [7, 11) is 0. The third-order valence-electron chi connectivity index (χ3n) is 3.66. The second-order valence-corrected chi connectivity index (χ2v) is 6.39. The Kier molecular flexibility index (Phi) is 3.17. The van der Waals surface area contributed by atoms with E-state index in [1.807, 2.05) is 54.6 Å². The zero-order chi connectivity index (χ0) is 16.6. The van der Waals surface area contributed by atoms with Crippen molar-refractivity contribution in [1.29, 1.82) is 0 Å². The van der Waals surface area contributed by atoms with Crippen LogP contribution in [0.1, 0.15) is 0 Å². The molecule has 0 unspecified atom stereocenters. The lowest BCUT2D eigenvalue weighted by molar-refractivity contribution is 0.617. The summed E-state index contributed by atoms with van der Waals surface area (Å²) in [4.78, 5) is 17.7. The Labute approximate surface area is 146 Å². The van der Waals surface area contributed by atoms with Crippen LogP contribution in [-0.2, 0) is 0 Å². The first-order chi connectivity index (χ1) is 12.3. The molecule has 0 amide bonds. The zero-order valence-corrected chi connectivity index (χ0v) is 13.7. The lowest BCUT2D eigenvalue weighted by atomic mass is 10.3. The summed E-state index contributed by atoms with van der Waals surface area (Å²) in [6.07, 6.45) is 1.69. The summed E-state index contributed by atoms with van der Waals surface area (Å²) >= 11 is 1.59. The van der Waals surface area contributed by atoms with Crippen LogP contribution in [-0.4, -0.2) is 19.9 Å². The Morgan fingerprint density at radius 2 is 1.84 bits per heavy atom. The number of hydrogen-bond acceptors (Lipinski definition) is 7. The molecule has 0 aliphatic carbocycles. The summed E-state index contributed by atoms with van der Waals surface area (Å²) in [5.41, 5.74) is 2.83. The Balaban J connectivity index is 1.49. The van der Waals surface area contributed by atoms with Gasteiger partial charge in [0.05, 0.1) is 10.2 Å². The normalized spacial score (nSPS) is 11.2. The molecule has 0 saturated carbocycles. The van der Waals surface area contributed by atoms with E-state index in [4.69, 9.17) is 4.42 Å². The van der Waals surface area contributed by atoms with Gasteiger partial charge < -0.3 is 9.73 Å². The molecule has 5 rings (SSSR count). The van der Waals surface area contributed by atoms with Crippen LogP contribution >= 0.6 is 11.3 Å². The Hall–Kier alpha value is -3.32. The molecule has 6 nitrogen and oxygen atoms in total. The van der Waals surface area contributed by atoms with Crippen LogP contribution in [0.3, 0.4) is 0 Å². The monoisotopic (exact) mass is 345 g/mol. The number of benzene rings is 1. The highest BCUT2D eigenvalue weighted by atomic mass is 32.1. The summed E-state index contributed by atoms with van der Waals surface area (Å²) < 4.78 is 6.86. The van der Waals surface area contributed by atoms with E-state index in [1.54, 1.807) is 17.5 Å². The third kappa shape index (κ3) is 2.60. The lowest BCUT2D eigenvalue weighted by Gasteiger charge is -2.02. The molecule has 0 bridgehead atoms. The largest absolute Gasteiger partial charge is 0.433 e. The van der Waals surface area contributed by atoms with Gasteiger partial charge in [-0.25, -0.2) is 15.0 Å². The number of oxazole rings is 1. The number of thiazole rings is 1. The maximum Gasteiger partial charge on any atom is 0.247 e. The molecule has 7 heteroatoms. The molecule has 4 aromatic heterocycles. The van der Waals surface area contributed by atoms with Crippen LogP contribution in [0.4, 0.5) is 10.9 Å². The minimum atomic E-state index is 0.446. The van der Waals surface area contributed by atoms with Gasteiger partial charge >= 0.3 is 0 Å². The van der Waals surface area contributed by atoms with E-state index >= 15 is 0 Å². The van der Waals surface area contributed by atoms with Gasteiger partial charge in [0.2, 0.25) is 5.89 Å². The number of rotatable bonds is 3. The first-order valence-electron chi connectivity index (χ1n) is 7.67. The number of fused-ring (bicyclic) bond motifs is 2. The van der Waals surface area contributed by atoms with Gasteiger partial charge in [-0.05, 0) is 36.4 Å². The van der Waals surface area contributed by atoms with E-state index in [0.29, 0.717) is 28.6 Å². The maximum absolute atomic E-state index is 5.73. The fourth-order valence-corrected chi connectivity index (χ4v) is 3.41. The van der Waals surface area contributed by atoms with E-state index in [0.717, 1.165) is 15.3 Å². The summed E-state index contributed by atoms with van der Waals surface area (Å²) in [6, 6.07) is 17.3. The van der Waals surface area contributed by atoms with Crippen LogP contribution in [0.5, 0.6) is 0 Å². The van der Waals surface area contributed by atoms with Crippen LogP contribution in [0.15, 0.2) is 65.2 Å². The molecule has 4 heterocycles. The van der Waals surface area contributed by atoms with Gasteiger partial charge in [0.1, 0.15) is 11.5 Å². The van der Waals surface area contributed by atoms with Crippen molar-refractivity contribution < 1.29 is 4.42 Å². The summed E-state index contributed by atoms with van der Waals surface area (Å²) in [5.74, 6) is 1.13. The van der Waals surface area contributed by atoms with E-state index in [-0.39, 0.29) is 0 Å². The first-order valence-corrected chi connectivity index (χ1v) is 8.48. The zero-order valence-electron chi connectivity index (χ0n) is 12.9. The molecule has 0 aliphatic rings. The third-order valence-corrected chi connectivity index (χ3v) is 4.61. The molecule has 0 atom stereocenters. The molecule has 25 heavy (non-hydrogen) atoms. The lowest BCUT2D eigenvalue weighted by Crippen LogP contribution is -1.94. The van der Waals surface area contributed by atoms with Crippen molar-refractivity contribution in [3.05, 3.63) is 60.8 Å². The van der Waals surface area contributed by atoms with Gasteiger partial charge in [-0.1, -0.05) is 29.5 Å². The van der Waals surface area contributed by atoms with Gasteiger partial charge in [-0.2, -0.15) is 4.98 Å². The molecule has 120 valence electrons. The molecule has 0 spiro atoms. The second-order valence-electron chi connectivity index (χ2n) is 5.36. The van der Waals surface area contributed by atoms with Gasteiger partial charge in [-0.3, -0.25) is 0 Å². The number of aromatic nitrogens is 4. The van der Waals surface area contributed by atoms with E-state index in [1.165, 1.54) is 0 Å². The van der Waals surface area contributed by atoms with Gasteiger partial charge in [0, 0.05) is 6.20 Å². The van der Waals surface area contributed by atoms with Crippen LogP contribution in [0, 0.1) is 0 Å². The molecule has 0 radical (unpaired) electrons. The highest BCUT2D eigenvalue weighted by Gasteiger charge is 2.11. The van der Waals surface area contributed by atoms with Crippen molar-refractivity contribution in [3.8, 4) is 11.6 Å². The number of hydrogen-bond donors (Lipinski definition) is 1. The average Bonchev–Trinajstić information content (AvgIpc) is 3.25. The molecule has 5 aromatic rings. The Morgan fingerprint density at radius 3 is 2.76 bits per heavy atom. The van der Waals surface area contributed by atoms with Crippen LogP contribution < -0.4 is 5.32 Å². The van der Waals surface area contributed by atoms with Crippen LogP contribution in [0.25, 0.3) is 33.0 Å². The number of nitrogens with one attached hydrogen (secondary N) is 1. The number of pyridine rings is 2. The van der Waals surface area contributed by atoms with Crippen molar-refractivity contribution in [3.63, 3.8) is 0 Å². The summed E-state index contributed by atoms with van der Waals surface area (Å²) in [6.45, 7) is 0. The van der Waals surface area contributed by atoms with E-state index in [9.17, 15) is 0 Å². The predicted molar refractivity (Wildman–Crippen MR) is 97.9 cm³/mol. The quantitative estimate of drug-likeness (QED) is 0.513. The number of anilines is 2. The van der Waals surface area contributed by atoms with Gasteiger partial charge in [-0.15, -0.1) is 0 Å². The molecule has 0 fully saturated rings. The highest BCUT2D eigenvalue weighted by molar-refractivity contribution is 7.22. The average molecular weight is 345 g/mol. The number of nitrogens with zero attached hydrogens (tertiary/aromatic N) is 4. The van der Waals surface area contributed by atoms with Crippen molar-refractivity contribution in [2.45, 2.75) is 0 Å². The topological polar surface area (TPSA) is 76.7 Å². The maximum atomic E-state index is 5.73. The first kappa shape index (κ1) is 14.1. The fourth-order valence-electron chi connectivity index (χ4n) is 2.54. The smallest absolute Gasteiger partial charge is 0.247 e. The fraction of sp³-hybridized carbons (Fsp3) is 0. The van der Waals surface area contributed by atoms with Crippen molar-refractivity contribution in [1.82, 2.24) is 19.9 Å². The summed E-state index contributed by atoms with van der Waals surface area (Å²) in [5, 5.41) is 4.04. The minimum Gasteiger partial charge on any atom is -0.433 e. The van der Waals surface area contributed by atoms with E-state index < -0.39 is 0 Å². The van der Waals surface area contributed by atoms with Crippen LogP contribution in [0.2, 0.25) is 0 Å². The highest BCUT2D eigenvalue weighted by Crippen LogP contribution is 2.28. The van der Waals surface area contributed by atoms with E-state index in [2.05, 4.69) is 25.3 Å². The predicted octanol–water partition coefficient (Wildman–Crippen LogP) is 4.64. The number of para-hydroxylation sites is 1. The molecule has 1 aromatic carbocycles. The standard InChI is InChI=1S/C18H11N5OS/c1-2-8-14-11(5-1)21-18(25-14)22-15-9-3-6-12(20-15)17-23-16-13(24-17)7-4-10-19-16/h1-10H,(H,20,21,22). The van der Waals surface area contributed by atoms with Gasteiger partial charge in [0.25, 0.3) is 0 Å². The molecular formula is C18H11N5OS. The molecule has 1 N–H and O–H groups in total. The molecule has 0 aliphatic heterocycles. The van der Waals surface area contributed by atoms with Gasteiger partial charge in [0.15, 0.2) is 16.4 Å². The second kappa shape index (κ2) is 5.64.